The Hall–Kier alpha value is -1.06. The van der Waals surface area contributed by atoms with E-state index < -0.39 is 0 Å². The minimum absolute atomic E-state index is 0.324. The molecule has 3 nitrogen and oxygen atoms in total. The third-order valence-electron chi connectivity index (χ3n) is 2.63. The van der Waals surface area contributed by atoms with Gasteiger partial charge in [-0.25, -0.2) is 0 Å². The summed E-state index contributed by atoms with van der Waals surface area (Å²) in [4.78, 5) is 0. The molecule has 2 aliphatic rings. The lowest BCUT2D eigenvalue weighted by Crippen LogP contribution is -2.04. The summed E-state index contributed by atoms with van der Waals surface area (Å²) in [7, 11) is 0. The van der Waals surface area contributed by atoms with Crippen LogP contribution in [0.2, 0.25) is 0 Å². The van der Waals surface area contributed by atoms with Gasteiger partial charge in [-0.1, -0.05) is 12.1 Å². The van der Waals surface area contributed by atoms with E-state index in [1.807, 2.05) is 12.1 Å². The molecule has 0 saturated carbocycles. The molecular weight excluding hydrogens is 192 g/mol. The smallest absolute Gasteiger partial charge is 0.119 e. The van der Waals surface area contributed by atoms with Crippen molar-refractivity contribution in [2.24, 2.45) is 0 Å². The van der Waals surface area contributed by atoms with Crippen molar-refractivity contribution in [1.29, 1.82) is 0 Å². The van der Waals surface area contributed by atoms with E-state index in [1.165, 1.54) is 5.56 Å². The van der Waals surface area contributed by atoms with Gasteiger partial charge in [0, 0.05) is 6.42 Å². The molecule has 3 rings (SSSR count). The highest BCUT2D eigenvalue weighted by atomic mass is 16.6. The fourth-order valence-electron chi connectivity index (χ4n) is 1.52. The van der Waals surface area contributed by atoms with Gasteiger partial charge in [-0.15, -0.1) is 0 Å². The summed E-state index contributed by atoms with van der Waals surface area (Å²) >= 11 is 0. The van der Waals surface area contributed by atoms with Gasteiger partial charge >= 0.3 is 0 Å². The van der Waals surface area contributed by atoms with Crippen molar-refractivity contribution in [3.8, 4) is 5.75 Å². The summed E-state index contributed by atoms with van der Waals surface area (Å²) in [5.74, 6) is 0.922. The fraction of sp³-hybridized carbons (Fsp3) is 0.500. The minimum Gasteiger partial charge on any atom is -0.491 e. The molecule has 80 valence electrons. The largest absolute Gasteiger partial charge is 0.491 e. The first-order valence-corrected chi connectivity index (χ1v) is 5.35. The molecule has 15 heavy (non-hydrogen) atoms. The molecule has 0 radical (unpaired) electrons. The van der Waals surface area contributed by atoms with Crippen molar-refractivity contribution in [1.82, 2.24) is 0 Å². The van der Waals surface area contributed by atoms with Crippen molar-refractivity contribution in [2.45, 2.75) is 18.6 Å². The average molecular weight is 206 g/mol. The number of epoxide rings is 2. The summed E-state index contributed by atoms with van der Waals surface area (Å²) in [6.07, 6.45) is 1.80. The van der Waals surface area contributed by atoms with Crippen molar-refractivity contribution < 1.29 is 14.2 Å². The van der Waals surface area contributed by atoms with Crippen molar-refractivity contribution in [3.05, 3.63) is 29.8 Å². The van der Waals surface area contributed by atoms with E-state index >= 15 is 0 Å². The number of hydrogen-bond donors (Lipinski definition) is 0. The lowest BCUT2D eigenvalue weighted by molar-refractivity contribution is 0.263. The van der Waals surface area contributed by atoms with Gasteiger partial charge in [-0.3, -0.25) is 0 Å². The number of ether oxygens (including phenoxy) is 3. The summed E-state index contributed by atoms with van der Waals surface area (Å²) in [6, 6.07) is 8.23. The molecule has 2 unspecified atom stereocenters. The molecule has 2 fully saturated rings. The fourth-order valence-corrected chi connectivity index (χ4v) is 1.52. The third-order valence-corrected chi connectivity index (χ3v) is 2.63. The second kappa shape index (κ2) is 3.83. The molecule has 0 N–H and O–H groups in total. The van der Waals surface area contributed by atoms with Crippen molar-refractivity contribution in [3.63, 3.8) is 0 Å². The van der Waals surface area contributed by atoms with Crippen molar-refractivity contribution in [2.75, 3.05) is 19.8 Å². The Kier molecular flexibility index (Phi) is 2.35. The van der Waals surface area contributed by atoms with Crippen LogP contribution in [0.5, 0.6) is 5.75 Å². The highest BCUT2D eigenvalue weighted by Gasteiger charge is 2.23. The summed E-state index contributed by atoms with van der Waals surface area (Å²) in [6.45, 7) is 2.43. The molecule has 1 aromatic carbocycles. The predicted octanol–water partition coefficient (Wildman–Crippen LogP) is 1.41. The number of hydrogen-bond acceptors (Lipinski definition) is 3. The molecule has 0 aliphatic carbocycles. The maximum Gasteiger partial charge on any atom is 0.119 e. The second-order valence-electron chi connectivity index (χ2n) is 4.07. The Morgan fingerprint density at radius 3 is 2.33 bits per heavy atom. The first kappa shape index (κ1) is 9.19. The van der Waals surface area contributed by atoms with Crippen LogP contribution in [0, 0.1) is 0 Å². The van der Waals surface area contributed by atoms with Crippen LogP contribution in [-0.2, 0) is 15.9 Å². The van der Waals surface area contributed by atoms with Gasteiger partial charge in [0.2, 0.25) is 0 Å². The van der Waals surface area contributed by atoms with E-state index in [9.17, 15) is 0 Å². The quantitative estimate of drug-likeness (QED) is 0.683. The molecule has 0 spiro atoms. The lowest BCUT2D eigenvalue weighted by Gasteiger charge is -2.04. The third kappa shape index (κ3) is 2.70. The molecule has 2 aliphatic heterocycles. The van der Waals surface area contributed by atoms with Crippen LogP contribution >= 0.6 is 0 Å². The van der Waals surface area contributed by atoms with Crippen LogP contribution in [-0.4, -0.2) is 32.0 Å². The molecule has 1 aromatic rings. The van der Waals surface area contributed by atoms with E-state index in [0.29, 0.717) is 18.8 Å². The van der Waals surface area contributed by atoms with Gasteiger partial charge in [0.05, 0.1) is 19.3 Å². The lowest BCUT2D eigenvalue weighted by atomic mass is 10.1. The second-order valence-corrected chi connectivity index (χ2v) is 4.07. The Bertz CT molecular complexity index is 325. The summed E-state index contributed by atoms with van der Waals surface area (Å²) in [5.41, 5.74) is 1.31. The standard InChI is InChI=1S/C12H14O3/c1-3-10(13-7-12-8-15-12)4-2-9(1)5-11-6-14-11/h1-4,11-12H,5-8H2. The van der Waals surface area contributed by atoms with Crippen LogP contribution in [0.1, 0.15) is 5.56 Å². The predicted molar refractivity (Wildman–Crippen MR) is 55.1 cm³/mol. The molecule has 0 aromatic heterocycles. The Balaban J connectivity index is 1.53. The van der Waals surface area contributed by atoms with Gasteiger partial charge < -0.3 is 14.2 Å². The van der Waals surface area contributed by atoms with E-state index in [1.54, 1.807) is 0 Å². The Labute approximate surface area is 89.0 Å². The van der Waals surface area contributed by atoms with Crippen LogP contribution in [0.15, 0.2) is 24.3 Å². The van der Waals surface area contributed by atoms with E-state index in [4.69, 9.17) is 14.2 Å². The highest BCUT2D eigenvalue weighted by molar-refractivity contribution is 5.28. The zero-order valence-corrected chi connectivity index (χ0v) is 8.52. The molecular formula is C12H14O3. The topological polar surface area (TPSA) is 34.3 Å². The zero-order valence-electron chi connectivity index (χ0n) is 8.52. The maximum atomic E-state index is 5.55. The molecule has 2 saturated heterocycles. The van der Waals surface area contributed by atoms with Crippen LogP contribution in [0.25, 0.3) is 0 Å². The monoisotopic (exact) mass is 206 g/mol. The van der Waals surface area contributed by atoms with Gasteiger partial charge in [0.25, 0.3) is 0 Å². The van der Waals surface area contributed by atoms with Crippen molar-refractivity contribution >= 4 is 0 Å². The number of rotatable bonds is 5. The summed E-state index contributed by atoms with van der Waals surface area (Å²) in [5, 5.41) is 0. The van der Waals surface area contributed by atoms with Gasteiger partial charge in [0.15, 0.2) is 0 Å². The molecule has 3 heteroatoms. The maximum absolute atomic E-state index is 5.55. The Morgan fingerprint density at radius 1 is 1.07 bits per heavy atom. The SMILES string of the molecule is c1cc(OCC2CO2)ccc1CC1CO1. The average Bonchev–Trinajstić information content (AvgIpc) is 3.12. The van der Waals surface area contributed by atoms with E-state index in [2.05, 4.69) is 12.1 Å². The van der Waals surface area contributed by atoms with Gasteiger partial charge in [0.1, 0.15) is 18.5 Å². The molecule has 2 heterocycles. The summed E-state index contributed by atoms with van der Waals surface area (Å²) < 4.78 is 15.8. The Morgan fingerprint density at radius 2 is 1.73 bits per heavy atom. The number of benzene rings is 1. The molecule has 0 amide bonds. The molecule has 0 bridgehead atoms. The minimum atomic E-state index is 0.324. The highest BCUT2D eigenvalue weighted by Crippen LogP contribution is 2.19. The van der Waals surface area contributed by atoms with Crippen LogP contribution < -0.4 is 4.74 Å². The first-order valence-electron chi connectivity index (χ1n) is 5.35. The van der Waals surface area contributed by atoms with E-state index in [-0.39, 0.29) is 0 Å². The first-order chi connectivity index (χ1) is 7.40. The molecule has 2 atom stereocenters. The van der Waals surface area contributed by atoms with E-state index in [0.717, 1.165) is 25.4 Å². The van der Waals surface area contributed by atoms with Crippen LogP contribution in [0.4, 0.5) is 0 Å². The van der Waals surface area contributed by atoms with Crippen LogP contribution in [0.3, 0.4) is 0 Å². The normalized spacial score (nSPS) is 27.5. The van der Waals surface area contributed by atoms with Gasteiger partial charge in [-0.2, -0.15) is 0 Å². The zero-order chi connectivity index (χ0) is 10.1. The van der Waals surface area contributed by atoms with Gasteiger partial charge in [-0.05, 0) is 17.7 Å².